The van der Waals surface area contributed by atoms with E-state index in [-0.39, 0.29) is 17.2 Å². The molecule has 0 spiro atoms. The number of benzene rings is 2. The van der Waals surface area contributed by atoms with Crippen molar-refractivity contribution in [2.75, 3.05) is 6.54 Å². The van der Waals surface area contributed by atoms with Crippen molar-refractivity contribution in [1.82, 2.24) is 9.62 Å². The molecular weight excluding hydrogens is 456 g/mol. The molecule has 0 aliphatic carbocycles. The number of hydrogen-bond donors (Lipinski definition) is 1. The fourth-order valence-corrected chi connectivity index (χ4v) is 4.41. The van der Waals surface area contributed by atoms with Crippen LogP contribution in [0.3, 0.4) is 0 Å². The zero-order valence-corrected chi connectivity index (χ0v) is 18.2. The van der Waals surface area contributed by atoms with Gasteiger partial charge >= 0.3 is 0 Å². The molecule has 0 saturated carbocycles. The van der Waals surface area contributed by atoms with Gasteiger partial charge in [0.2, 0.25) is 5.91 Å². The largest absolute Gasteiger partial charge is 0.328 e. The van der Waals surface area contributed by atoms with E-state index in [4.69, 9.17) is 0 Å². The number of rotatable bonds is 6. The predicted molar refractivity (Wildman–Crippen MR) is 114 cm³/mol. The third-order valence-corrected chi connectivity index (χ3v) is 6.84. The molecule has 1 aliphatic rings. The number of amides is 2. The number of nitrogens with zero attached hydrogens (tertiary/aromatic N) is 1. The van der Waals surface area contributed by atoms with E-state index < -0.39 is 21.5 Å². The molecule has 1 fully saturated rings. The summed E-state index contributed by atoms with van der Waals surface area (Å²) in [5.41, 5.74) is -0.204. The lowest BCUT2D eigenvalue weighted by Crippen LogP contribution is -2.67. The van der Waals surface area contributed by atoms with Crippen LogP contribution in [-0.2, 0) is 19.6 Å². The van der Waals surface area contributed by atoms with Gasteiger partial charge in [-0.15, -0.1) is 0 Å². The molecule has 152 valence electrons. The normalized spacial score (nSPS) is 19.0. The van der Waals surface area contributed by atoms with Crippen LogP contribution >= 0.6 is 15.9 Å². The van der Waals surface area contributed by atoms with Crippen LogP contribution in [0.2, 0.25) is 0 Å². The maximum atomic E-state index is 12.7. The monoisotopic (exact) mass is 476 g/mol. The third-order valence-electron chi connectivity index (χ3n) is 4.96. The second-order valence-electron chi connectivity index (χ2n) is 6.97. The fourth-order valence-electron chi connectivity index (χ4n) is 3.07. The molecule has 0 bridgehead atoms. The van der Waals surface area contributed by atoms with Crippen molar-refractivity contribution in [2.24, 2.45) is 0 Å². The van der Waals surface area contributed by atoms with Gasteiger partial charge in [0.15, 0.2) is 0 Å². The standard InChI is InChI=1S/C21H21BrN2O4S/c1-21(20(26)23-29(27,28)18-12-10-17(22)11-13-18)14-15-24(21)19(25)9-5-8-16-6-3-2-4-7-16/h2-8,10-13H,9,14-15H2,1H3,(H,23,26)/b8-5+. The second-order valence-corrected chi connectivity index (χ2v) is 9.57. The Balaban J connectivity index is 1.65. The maximum absolute atomic E-state index is 12.7. The first-order chi connectivity index (χ1) is 13.7. The minimum atomic E-state index is -4.01. The number of carbonyl (C=O) groups excluding carboxylic acids is 2. The first-order valence-corrected chi connectivity index (χ1v) is 11.3. The molecule has 2 aromatic rings. The topological polar surface area (TPSA) is 83.6 Å². The SMILES string of the molecule is CC1(C(=O)NS(=O)(=O)c2ccc(Br)cc2)CCN1C(=O)C/C=C/c1ccccc1. The molecule has 1 atom stereocenters. The average molecular weight is 477 g/mol. The van der Waals surface area contributed by atoms with Crippen molar-refractivity contribution in [3.63, 3.8) is 0 Å². The smallest absolute Gasteiger partial charge is 0.264 e. The Morgan fingerprint density at radius 3 is 2.38 bits per heavy atom. The summed E-state index contributed by atoms with van der Waals surface area (Å²) in [7, 11) is -4.01. The number of sulfonamides is 1. The Labute approximate surface area is 178 Å². The highest BCUT2D eigenvalue weighted by molar-refractivity contribution is 9.10. The number of carbonyl (C=O) groups is 2. The van der Waals surface area contributed by atoms with E-state index in [9.17, 15) is 18.0 Å². The molecule has 2 amide bonds. The van der Waals surface area contributed by atoms with Gasteiger partial charge in [0.1, 0.15) is 5.54 Å². The Hall–Kier alpha value is -2.45. The van der Waals surface area contributed by atoms with Crippen LogP contribution in [-0.4, -0.2) is 37.2 Å². The van der Waals surface area contributed by atoms with Crippen LogP contribution in [0.1, 0.15) is 25.3 Å². The van der Waals surface area contributed by atoms with Gasteiger partial charge in [-0.1, -0.05) is 58.4 Å². The predicted octanol–water partition coefficient (Wildman–Crippen LogP) is 3.35. The van der Waals surface area contributed by atoms with E-state index in [0.717, 1.165) is 10.0 Å². The van der Waals surface area contributed by atoms with Gasteiger partial charge in [-0.2, -0.15) is 0 Å². The Kier molecular flexibility index (Phi) is 6.24. The van der Waals surface area contributed by atoms with Crippen molar-refractivity contribution in [3.8, 4) is 0 Å². The quantitative estimate of drug-likeness (QED) is 0.692. The van der Waals surface area contributed by atoms with Crippen molar-refractivity contribution >= 4 is 43.8 Å². The number of nitrogens with one attached hydrogen (secondary N) is 1. The Bertz CT molecular complexity index is 1040. The van der Waals surface area contributed by atoms with E-state index in [0.29, 0.717) is 13.0 Å². The highest BCUT2D eigenvalue weighted by atomic mass is 79.9. The molecule has 29 heavy (non-hydrogen) atoms. The summed E-state index contributed by atoms with van der Waals surface area (Å²) in [6.45, 7) is 2.00. The summed E-state index contributed by atoms with van der Waals surface area (Å²) >= 11 is 3.24. The molecule has 1 aliphatic heterocycles. The molecular formula is C21H21BrN2O4S. The van der Waals surface area contributed by atoms with Crippen LogP contribution in [0, 0.1) is 0 Å². The van der Waals surface area contributed by atoms with Crippen molar-refractivity contribution in [3.05, 3.63) is 70.7 Å². The number of halogens is 1. The summed E-state index contributed by atoms with van der Waals surface area (Å²) in [5.74, 6) is -0.922. The molecule has 3 rings (SSSR count). The zero-order valence-electron chi connectivity index (χ0n) is 15.8. The lowest BCUT2D eigenvalue weighted by Gasteiger charge is -2.48. The molecule has 0 radical (unpaired) electrons. The van der Waals surface area contributed by atoms with Gasteiger partial charge in [-0.05, 0) is 43.2 Å². The first kappa shape index (κ1) is 21.3. The van der Waals surface area contributed by atoms with Gasteiger partial charge in [-0.25, -0.2) is 13.1 Å². The van der Waals surface area contributed by atoms with Crippen molar-refractivity contribution in [2.45, 2.75) is 30.2 Å². The highest BCUT2D eigenvalue weighted by Gasteiger charge is 2.50. The fraction of sp³-hybridized carbons (Fsp3) is 0.238. The Morgan fingerprint density at radius 2 is 1.79 bits per heavy atom. The lowest BCUT2D eigenvalue weighted by molar-refractivity contribution is -0.155. The van der Waals surface area contributed by atoms with Crippen LogP contribution in [0.4, 0.5) is 0 Å². The summed E-state index contributed by atoms with van der Waals surface area (Å²) in [6, 6.07) is 15.5. The molecule has 1 heterocycles. The first-order valence-electron chi connectivity index (χ1n) is 9.07. The van der Waals surface area contributed by atoms with Crippen LogP contribution in [0.5, 0.6) is 0 Å². The highest BCUT2D eigenvalue weighted by Crippen LogP contribution is 2.32. The minimum absolute atomic E-state index is 0.0133. The van der Waals surface area contributed by atoms with E-state index >= 15 is 0 Å². The van der Waals surface area contributed by atoms with Crippen LogP contribution < -0.4 is 4.72 Å². The second kappa shape index (κ2) is 8.51. The zero-order chi connectivity index (χ0) is 21.1. The van der Waals surface area contributed by atoms with E-state index in [2.05, 4.69) is 20.7 Å². The van der Waals surface area contributed by atoms with E-state index in [1.165, 1.54) is 17.0 Å². The number of likely N-dealkylation sites (tertiary alicyclic amines) is 1. The van der Waals surface area contributed by atoms with Crippen molar-refractivity contribution in [1.29, 1.82) is 0 Å². The molecule has 1 saturated heterocycles. The molecule has 1 unspecified atom stereocenters. The van der Waals surface area contributed by atoms with Crippen LogP contribution in [0.25, 0.3) is 6.08 Å². The summed E-state index contributed by atoms with van der Waals surface area (Å²) in [4.78, 5) is 26.7. The Morgan fingerprint density at radius 1 is 1.14 bits per heavy atom. The van der Waals surface area contributed by atoms with E-state index in [1.807, 2.05) is 36.4 Å². The number of hydrogen-bond acceptors (Lipinski definition) is 4. The molecule has 8 heteroatoms. The van der Waals surface area contributed by atoms with Gasteiger partial charge in [0.05, 0.1) is 4.90 Å². The average Bonchev–Trinajstić information content (AvgIpc) is 2.67. The molecule has 2 aromatic carbocycles. The molecule has 6 nitrogen and oxygen atoms in total. The molecule has 1 N–H and O–H groups in total. The summed E-state index contributed by atoms with van der Waals surface area (Å²) < 4.78 is 27.8. The van der Waals surface area contributed by atoms with Gasteiger partial charge < -0.3 is 4.90 Å². The van der Waals surface area contributed by atoms with E-state index in [1.54, 1.807) is 25.1 Å². The van der Waals surface area contributed by atoms with Gasteiger partial charge in [-0.3, -0.25) is 9.59 Å². The van der Waals surface area contributed by atoms with Gasteiger partial charge in [0.25, 0.3) is 15.9 Å². The third kappa shape index (κ3) is 4.76. The summed E-state index contributed by atoms with van der Waals surface area (Å²) in [6.07, 6.45) is 4.13. The lowest BCUT2D eigenvalue weighted by atomic mass is 9.85. The minimum Gasteiger partial charge on any atom is -0.328 e. The van der Waals surface area contributed by atoms with Crippen molar-refractivity contribution < 1.29 is 18.0 Å². The molecule has 0 aromatic heterocycles. The van der Waals surface area contributed by atoms with Gasteiger partial charge in [0, 0.05) is 17.4 Å². The van der Waals surface area contributed by atoms with Crippen LogP contribution in [0.15, 0.2) is 70.0 Å². The summed E-state index contributed by atoms with van der Waals surface area (Å²) in [5, 5.41) is 0. The maximum Gasteiger partial charge on any atom is 0.264 e.